The number of nitrogens with one attached hydrogen (secondary N) is 1. The number of hydrogen-bond acceptors (Lipinski definition) is 7. The number of ether oxygens (including phenoxy) is 1. The normalized spacial score (nSPS) is 13.4. The van der Waals surface area contributed by atoms with E-state index in [2.05, 4.69) is 20.3 Å². The summed E-state index contributed by atoms with van der Waals surface area (Å²) in [5.74, 6) is 0.617. The number of aromatic nitrogens is 3. The number of halogens is 1. The SMILES string of the molecule is Cc1cc(C(C)N2Cc3c(ccnc3NC(=O)Cc3cnco3)C2=O)ncc1OCc1ccc(F)cc1. The average molecular weight is 502 g/mol. The lowest BCUT2D eigenvalue weighted by molar-refractivity contribution is -0.115. The van der Waals surface area contributed by atoms with Crippen molar-refractivity contribution in [2.45, 2.75) is 39.5 Å². The largest absolute Gasteiger partial charge is 0.487 e. The molecule has 0 fully saturated rings. The van der Waals surface area contributed by atoms with Gasteiger partial charge >= 0.3 is 0 Å². The van der Waals surface area contributed by atoms with Crippen molar-refractivity contribution in [1.29, 1.82) is 0 Å². The lowest BCUT2D eigenvalue weighted by Gasteiger charge is -2.24. The van der Waals surface area contributed by atoms with Gasteiger partial charge in [0.05, 0.1) is 37.1 Å². The van der Waals surface area contributed by atoms with Crippen LogP contribution in [0, 0.1) is 12.7 Å². The maximum atomic E-state index is 13.2. The number of amides is 2. The Bertz CT molecular complexity index is 1440. The standard InChI is InChI=1S/C27H24FN5O4/c1-16-9-23(31-12-24(16)36-14-18-3-5-19(28)6-4-18)17(2)33-13-22-21(27(33)35)7-8-30-26(22)32-25(34)10-20-11-29-15-37-20/h3-9,11-12,15,17H,10,13-14H2,1-2H3,(H,30,32,34). The Hall–Kier alpha value is -4.60. The minimum absolute atomic E-state index is 0.0121. The number of aryl methyl sites for hydroxylation is 1. The monoisotopic (exact) mass is 501 g/mol. The Balaban J connectivity index is 1.27. The molecule has 0 aliphatic carbocycles. The van der Waals surface area contributed by atoms with Crippen molar-refractivity contribution >= 4 is 17.6 Å². The molecule has 0 bridgehead atoms. The van der Waals surface area contributed by atoms with Gasteiger partial charge in [0.15, 0.2) is 6.39 Å². The maximum Gasteiger partial charge on any atom is 0.255 e. The zero-order valence-corrected chi connectivity index (χ0v) is 20.3. The molecule has 1 aliphatic rings. The Kier molecular flexibility index (Phi) is 6.63. The first-order valence-corrected chi connectivity index (χ1v) is 11.7. The number of benzene rings is 1. The summed E-state index contributed by atoms with van der Waals surface area (Å²) < 4.78 is 24.1. The molecule has 4 heterocycles. The number of fused-ring (bicyclic) bond motifs is 1. The van der Waals surface area contributed by atoms with Crippen LogP contribution in [0.1, 0.15) is 51.5 Å². The van der Waals surface area contributed by atoms with Gasteiger partial charge in [0.1, 0.15) is 29.8 Å². The maximum absolute atomic E-state index is 13.2. The number of carbonyl (C=O) groups excluding carboxylic acids is 2. The summed E-state index contributed by atoms with van der Waals surface area (Å²) in [5, 5.41) is 2.78. The van der Waals surface area contributed by atoms with Crippen molar-refractivity contribution in [2.75, 3.05) is 5.32 Å². The topological polar surface area (TPSA) is 110 Å². The van der Waals surface area contributed by atoms with Gasteiger partial charge in [-0.2, -0.15) is 0 Å². The van der Waals surface area contributed by atoms with E-state index in [0.717, 1.165) is 11.1 Å². The van der Waals surface area contributed by atoms with Gasteiger partial charge in [0, 0.05) is 17.3 Å². The molecule has 4 aromatic rings. The highest BCUT2D eigenvalue weighted by Gasteiger charge is 2.34. The minimum atomic E-state index is -0.331. The summed E-state index contributed by atoms with van der Waals surface area (Å²) in [6.07, 6.45) is 5.89. The molecule has 0 spiro atoms. The van der Waals surface area contributed by atoms with E-state index in [0.29, 0.717) is 34.1 Å². The second-order valence-electron chi connectivity index (χ2n) is 8.78. The van der Waals surface area contributed by atoms with Crippen LogP contribution in [0.15, 0.2) is 65.8 Å². The Morgan fingerprint density at radius 3 is 2.76 bits per heavy atom. The fourth-order valence-corrected chi connectivity index (χ4v) is 4.18. The second kappa shape index (κ2) is 10.2. The number of oxazole rings is 1. The molecule has 1 aromatic carbocycles. The number of hydrogen-bond donors (Lipinski definition) is 1. The fraction of sp³-hybridized carbons (Fsp3) is 0.222. The summed E-state index contributed by atoms with van der Waals surface area (Å²) in [6.45, 7) is 4.38. The van der Waals surface area contributed by atoms with E-state index in [1.54, 1.807) is 29.3 Å². The quantitative estimate of drug-likeness (QED) is 0.381. The third-order valence-electron chi connectivity index (χ3n) is 6.24. The van der Waals surface area contributed by atoms with Crippen LogP contribution < -0.4 is 10.1 Å². The van der Waals surface area contributed by atoms with Gasteiger partial charge in [0.25, 0.3) is 5.91 Å². The minimum Gasteiger partial charge on any atom is -0.487 e. The zero-order valence-electron chi connectivity index (χ0n) is 20.3. The molecule has 1 aliphatic heterocycles. The van der Waals surface area contributed by atoms with E-state index >= 15 is 0 Å². The van der Waals surface area contributed by atoms with E-state index in [-0.39, 0.29) is 43.2 Å². The first kappa shape index (κ1) is 24.1. The molecule has 5 rings (SSSR count). The molecule has 1 unspecified atom stereocenters. The summed E-state index contributed by atoms with van der Waals surface area (Å²) in [4.78, 5) is 40.0. The molecule has 9 nitrogen and oxygen atoms in total. The second-order valence-corrected chi connectivity index (χ2v) is 8.78. The third kappa shape index (κ3) is 5.18. The van der Waals surface area contributed by atoms with Gasteiger partial charge < -0.3 is 19.4 Å². The van der Waals surface area contributed by atoms with Crippen molar-refractivity contribution in [3.8, 4) is 5.75 Å². The van der Waals surface area contributed by atoms with Crippen LogP contribution in [0.25, 0.3) is 0 Å². The molecule has 3 aromatic heterocycles. The molecule has 188 valence electrons. The summed E-state index contributed by atoms with van der Waals surface area (Å²) >= 11 is 0. The first-order chi connectivity index (χ1) is 17.9. The molecule has 0 saturated carbocycles. The van der Waals surface area contributed by atoms with Crippen molar-refractivity contribution in [3.63, 3.8) is 0 Å². The van der Waals surface area contributed by atoms with Gasteiger partial charge in [-0.05, 0) is 49.2 Å². The third-order valence-corrected chi connectivity index (χ3v) is 6.24. The van der Waals surface area contributed by atoms with Crippen LogP contribution in [-0.4, -0.2) is 31.7 Å². The van der Waals surface area contributed by atoms with Crippen molar-refractivity contribution in [1.82, 2.24) is 19.9 Å². The van der Waals surface area contributed by atoms with E-state index in [1.165, 1.54) is 30.9 Å². The van der Waals surface area contributed by atoms with Gasteiger partial charge in [-0.25, -0.2) is 14.4 Å². The van der Waals surface area contributed by atoms with Gasteiger partial charge in [0.2, 0.25) is 5.91 Å². The van der Waals surface area contributed by atoms with Crippen molar-refractivity contribution < 1.29 is 23.1 Å². The van der Waals surface area contributed by atoms with Crippen LogP contribution in [-0.2, 0) is 24.4 Å². The van der Waals surface area contributed by atoms with E-state index in [9.17, 15) is 14.0 Å². The zero-order chi connectivity index (χ0) is 25.9. The smallest absolute Gasteiger partial charge is 0.255 e. The molecular formula is C27H24FN5O4. The molecule has 1 atom stereocenters. The predicted molar refractivity (Wildman–Crippen MR) is 131 cm³/mol. The number of nitrogens with zero attached hydrogens (tertiary/aromatic N) is 4. The van der Waals surface area contributed by atoms with Crippen LogP contribution in [0.4, 0.5) is 10.2 Å². The lowest BCUT2D eigenvalue weighted by atomic mass is 10.1. The highest BCUT2D eigenvalue weighted by atomic mass is 19.1. The summed E-state index contributed by atoms with van der Waals surface area (Å²) in [6, 6.07) is 9.34. The Morgan fingerprint density at radius 1 is 1.22 bits per heavy atom. The van der Waals surface area contributed by atoms with E-state index in [1.807, 2.05) is 19.9 Å². The van der Waals surface area contributed by atoms with Crippen molar-refractivity contribution in [3.05, 3.63) is 101 Å². The predicted octanol–water partition coefficient (Wildman–Crippen LogP) is 4.39. The van der Waals surface area contributed by atoms with Crippen LogP contribution in [0.5, 0.6) is 5.75 Å². The van der Waals surface area contributed by atoms with Gasteiger partial charge in [-0.3, -0.25) is 14.6 Å². The van der Waals surface area contributed by atoms with E-state index in [4.69, 9.17) is 9.15 Å². The molecule has 2 amide bonds. The molecule has 10 heteroatoms. The Labute approximate surface area is 212 Å². The summed E-state index contributed by atoms with van der Waals surface area (Å²) in [7, 11) is 0. The fourth-order valence-electron chi connectivity index (χ4n) is 4.18. The highest BCUT2D eigenvalue weighted by molar-refractivity contribution is 6.01. The van der Waals surface area contributed by atoms with Crippen LogP contribution in [0.3, 0.4) is 0 Å². The van der Waals surface area contributed by atoms with E-state index < -0.39 is 0 Å². The number of anilines is 1. The van der Waals surface area contributed by atoms with Gasteiger partial charge in [-0.15, -0.1) is 0 Å². The number of rotatable bonds is 8. The molecule has 0 radical (unpaired) electrons. The highest BCUT2D eigenvalue weighted by Crippen LogP contribution is 2.34. The molecule has 37 heavy (non-hydrogen) atoms. The average Bonchev–Trinajstić information content (AvgIpc) is 3.52. The van der Waals surface area contributed by atoms with Gasteiger partial charge in [-0.1, -0.05) is 12.1 Å². The first-order valence-electron chi connectivity index (χ1n) is 11.7. The summed E-state index contributed by atoms with van der Waals surface area (Å²) in [5.41, 5.74) is 3.56. The molecular weight excluding hydrogens is 477 g/mol. The number of pyridine rings is 2. The Morgan fingerprint density at radius 2 is 2.03 bits per heavy atom. The van der Waals surface area contributed by atoms with Crippen LogP contribution in [0.2, 0.25) is 0 Å². The molecule has 0 saturated heterocycles. The number of carbonyl (C=O) groups is 2. The van der Waals surface area contributed by atoms with Crippen molar-refractivity contribution in [2.24, 2.45) is 0 Å². The molecule has 1 N–H and O–H groups in total. The lowest BCUT2D eigenvalue weighted by Crippen LogP contribution is -2.28. The van der Waals surface area contributed by atoms with Crippen LogP contribution >= 0.6 is 0 Å².